The van der Waals surface area contributed by atoms with Crippen LogP contribution in [0.4, 0.5) is 0 Å². The highest BCUT2D eigenvalue weighted by atomic mass is 79.9. The molecule has 4 nitrogen and oxygen atoms in total. The highest BCUT2D eigenvalue weighted by Gasteiger charge is 2.13. The summed E-state index contributed by atoms with van der Waals surface area (Å²) in [6, 6.07) is 33.2. The molecule has 0 aliphatic rings. The molecule has 0 aliphatic carbocycles. The molecule has 0 atom stereocenters. The summed E-state index contributed by atoms with van der Waals surface area (Å²) >= 11 is 9.69. The van der Waals surface area contributed by atoms with Crippen molar-refractivity contribution in [1.82, 2.24) is 15.0 Å². The molecule has 5 rings (SSSR count). The number of halogens is 2. The molecule has 0 saturated heterocycles. The third-order valence-corrected chi connectivity index (χ3v) is 6.53. The number of hydrogen-bond donors (Lipinski definition) is 0. The van der Waals surface area contributed by atoms with Crippen LogP contribution in [-0.2, 0) is 0 Å². The molecule has 5 aromatic rings. The molecule has 0 aliphatic heterocycles. The predicted molar refractivity (Wildman–Crippen MR) is 139 cm³/mol. The van der Waals surface area contributed by atoms with Gasteiger partial charge in [-0.1, -0.05) is 72.3 Å². The van der Waals surface area contributed by atoms with Crippen LogP contribution in [0.2, 0.25) is 5.02 Å². The van der Waals surface area contributed by atoms with Gasteiger partial charge >= 0.3 is 0 Å². The number of nitrogens with zero attached hydrogens (tertiary/aromatic N) is 4. The molecule has 162 valence electrons. The molecule has 1 heterocycles. The summed E-state index contributed by atoms with van der Waals surface area (Å²) in [5.74, 6) is 1.73. The van der Waals surface area contributed by atoms with Crippen LogP contribution in [0.15, 0.2) is 102 Å². The van der Waals surface area contributed by atoms with E-state index in [4.69, 9.17) is 31.8 Å². The average Bonchev–Trinajstić information content (AvgIpc) is 2.90. The molecule has 0 fully saturated rings. The maximum atomic E-state index is 9.08. The van der Waals surface area contributed by atoms with Crippen LogP contribution in [0.3, 0.4) is 0 Å². The zero-order valence-electron chi connectivity index (χ0n) is 17.8. The Morgan fingerprint density at radius 1 is 0.588 bits per heavy atom. The van der Waals surface area contributed by atoms with Crippen molar-refractivity contribution in [2.24, 2.45) is 0 Å². The molecule has 0 saturated carbocycles. The third-order valence-electron chi connectivity index (χ3n) is 5.31. The molecule has 1 aromatic heterocycles. The van der Waals surface area contributed by atoms with Gasteiger partial charge in [-0.25, -0.2) is 15.0 Å². The summed E-state index contributed by atoms with van der Waals surface area (Å²) in [7, 11) is 0. The zero-order chi connectivity index (χ0) is 23.5. The van der Waals surface area contributed by atoms with E-state index in [2.05, 4.69) is 22.0 Å². The molecule has 4 aromatic carbocycles. The van der Waals surface area contributed by atoms with Gasteiger partial charge in [-0.2, -0.15) is 5.26 Å². The first-order valence-corrected chi connectivity index (χ1v) is 11.7. The molecule has 0 amide bonds. The van der Waals surface area contributed by atoms with E-state index in [9.17, 15) is 0 Å². The van der Waals surface area contributed by atoms with Gasteiger partial charge in [0.15, 0.2) is 17.5 Å². The fourth-order valence-corrected chi connectivity index (χ4v) is 4.06. The van der Waals surface area contributed by atoms with Crippen molar-refractivity contribution in [3.05, 3.63) is 112 Å². The summed E-state index contributed by atoms with van der Waals surface area (Å²) in [6.45, 7) is 0. The summed E-state index contributed by atoms with van der Waals surface area (Å²) in [4.78, 5) is 14.4. The first kappa shape index (κ1) is 22.0. The lowest BCUT2D eigenvalue weighted by molar-refractivity contribution is 1.07. The Balaban J connectivity index is 1.65. The van der Waals surface area contributed by atoms with Crippen LogP contribution in [0.1, 0.15) is 5.56 Å². The normalized spacial score (nSPS) is 10.6. The summed E-state index contributed by atoms with van der Waals surface area (Å²) in [5, 5.41) is 9.70. The molecule has 6 heteroatoms. The molecule has 0 bridgehead atoms. The van der Waals surface area contributed by atoms with E-state index in [1.54, 1.807) is 0 Å². The van der Waals surface area contributed by atoms with E-state index in [-0.39, 0.29) is 0 Å². The first-order valence-electron chi connectivity index (χ1n) is 10.5. The Bertz CT molecular complexity index is 1530. The highest BCUT2D eigenvalue weighted by Crippen LogP contribution is 2.31. The van der Waals surface area contributed by atoms with E-state index in [1.165, 1.54) is 0 Å². The van der Waals surface area contributed by atoms with Crippen LogP contribution >= 0.6 is 27.5 Å². The van der Waals surface area contributed by atoms with E-state index in [1.807, 2.05) is 97.1 Å². The van der Waals surface area contributed by atoms with Gasteiger partial charge in [0.2, 0.25) is 0 Å². The maximum absolute atomic E-state index is 9.08. The molecule has 0 radical (unpaired) electrons. The Hall–Kier alpha value is -3.85. The molecule has 0 N–H and O–H groups in total. The molecular weight excluding hydrogens is 508 g/mol. The number of aromatic nitrogens is 3. The van der Waals surface area contributed by atoms with Gasteiger partial charge in [0, 0.05) is 21.2 Å². The van der Waals surface area contributed by atoms with Crippen LogP contribution in [0.25, 0.3) is 45.3 Å². The molecule has 0 unspecified atom stereocenters. The fourth-order valence-electron chi connectivity index (χ4n) is 3.56. The Kier molecular flexibility index (Phi) is 6.18. The Labute approximate surface area is 210 Å². The molecule has 34 heavy (non-hydrogen) atoms. The number of nitriles is 1. The highest BCUT2D eigenvalue weighted by molar-refractivity contribution is 9.10. The third kappa shape index (κ3) is 4.60. The standard InChI is InChI=1S/C28H16BrClN4/c29-24-16-23(13-14-25(24)30)28-33-26(20-5-2-1-3-6-20)32-27(34-28)22-8-4-7-21(15-22)19-11-9-18(17-31)10-12-19/h1-16H. The molecule has 0 spiro atoms. The van der Waals surface area contributed by atoms with Gasteiger partial charge in [-0.15, -0.1) is 0 Å². The van der Waals surface area contributed by atoms with Crippen LogP contribution in [0, 0.1) is 11.3 Å². The predicted octanol–water partition coefficient (Wildman–Crippen LogP) is 7.83. The lowest BCUT2D eigenvalue weighted by Crippen LogP contribution is -2.00. The van der Waals surface area contributed by atoms with Crippen molar-refractivity contribution < 1.29 is 0 Å². The summed E-state index contributed by atoms with van der Waals surface area (Å²) < 4.78 is 0.776. The molecular formula is C28H16BrClN4. The van der Waals surface area contributed by atoms with E-state index >= 15 is 0 Å². The minimum absolute atomic E-state index is 0.560. The monoisotopic (exact) mass is 522 g/mol. The SMILES string of the molecule is N#Cc1ccc(-c2cccc(-c3nc(-c4ccccc4)nc(-c4ccc(Cl)c(Br)c4)n3)c2)cc1. The van der Waals surface area contributed by atoms with E-state index in [0.717, 1.165) is 32.3 Å². The number of benzene rings is 4. The summed E-state index contributed by atoms with van der Waals surface area (Å²) in [6.07, 6.45) is 0. The topological polar surface area (TPSA) is 62.5 Å². The van der Waals surface area contributed by atoms with Gasteiger partial charge in [0.1, 0.15) is 0 Å². The van der Waals surface area contributed by atoms with Crippen LogP contribution < -0.4 is 0 Å². The van der Waals surface area contributed by atoms with Gasteiger partial charge in [-0.05, 0) is 63.5 Å². The lowest BCUT2D eigenvalue weighted by Gasteiger charge is -2.10. The fraction of sp³-hybridized carbons (Fsp3) is 0. The lowest BCUT2D eigenvalue weighted by atomic mass is 10.0. The minimum atomic E-state index is 0.560. The second kappa shape index (κ2) is 9.56. The first-order chi connectivity index (χ1) is 16.6. The van der Waals surface area contributed by atoms with Crippen molar-refractivity contribution in [2.75, 3.05) is 0 Å². The van der Waals surface area contributed by atoms with Crippen molar-refractivity contribution >= 4 is 27.5 Å². The second-order valence-electron chi connectivity index (χ2n) is 7.57. The average molecular weight is 524 g/mol. The number of hydrogen-bond acceptors (Lipinski definition) is 4. The van der Waals surface area contributed by atoms with Crippen molar-refractivity contribution in [1.29, 1.82) is 5.26 Å². The maximum Gasteiger partial charge on any atom is 0.164 e. The van der Waals surface area contributed by atoms with Crippen LogP contribution in [0.5, 0.6) is 0 Å². The largest absolute Gasteiger partial charge is 0.208 e. The van der Waals surface area contributed by atoms with Gasteiger partial charge in [0.25, 0.3) is 0 Å². The van der Waals surface area contributed by atoms with E-state index in [0.29, 0.717) is 28.1 Å². The second-order valence-corrected chi connectivity index (χ2v) is 8.83. The smallest absolute Gasteiger partial charge is 0.164 e. The summed E-state index contributed by atoms with van der Waals surface area (Å²) in [5.41, 5.74) is 5.27. The quantitative estimate of drug-likeness (QED) is 0.241. The minimum Gasteiger partial charge on any atom is -0.208 e. The van der Waals surface area contributed by atoms with Crippen molar-refractivity contribution in [3.63, 3.8) is 0 Å². The van der Waals surface area contributed by atoms with Crippen molar-refractivity contribution in [2.45, 2.75) is 0 Å². The Morgan fingerprint density at radius 2 is 1.15 bits per heavy atom. The Morgan fingerprint density at radius 3 is 1.79 bits per heavy atom. The van der Waals surface area contributed by atoms with Gasteiger partial charge in [-0.3, -0.25) is 0 Å². The zero-order valence-corrected chi connectivity index (χ0v) is 20.1. The van der Waals surface area contributed by atoms with Gasteiger partial charge < -0.3 is 0 Å². The van der Waals surface area contributed by atoms with E-state index < -0.39 is 0 Å². The van der Waals surface area contributed by atoms with Crippen molar-refractivity contribution in [3.8, 4) is 51.4 Å². The van der Waals surface area contributed by atoms with Gasteiger partial charge in [0.05, 0.1) is 16.7 Å². The van der Waals surface area contributed by atoms with Crippen LogP contribution in [-0.4, -0.2) is 15.0 Å². The number of rotatable bonds is 4.